The molecular formula is C12H13BrClNO3S. The van der Waals surface area contributed by atoms with Gasteiger partial charge in [0.15, 0.2) is 0 Å². The Hall–Kier alpha value is -0.590. The zero-order valence-corrected chi connectivity index (χ0v) is 13.6. The Morgan fingerprint density at radius 1 is 1.42 bits per heavy atom. The van der Waals surface area contributed by atoms with Crippen molar-refractivity contribution in [3.8, 4) is 0 Å². The minimum atomic E-state index is -3.86. The standard InChI is InChI=1S/C12H13BrClNO3S/c1-7-10(12(16)15(2)8-3-4-8)5-9(6-11(7)13)19(14,17)18/h5-6,8H,3-4H2,1-2H3. The molecule has 2 rings (SSSR count). The lowest BCUT2D eigenvalue weighted by molar-refractivity contribution is 0.0784. The van der Waals surface area contributed by atoms with Crippen molar-refractivity contribution in [1.29, 1.82) is 0 Å². The summed E-state index contributed by atoms with van der Waals surface area (Å²) in [5, 5.41) is 0. The summed E-state index contributed by atoms with van der Waals surface area (Å²) in [6.45, 7) is 1.77. The molecule has 1 aromatic carbocycles. The summed E-state index contributed by atoms with van der Waals surface area (Å²) in [7, 11) is 3.21. The molecule has 1 aliphatic carbocycles. The van der Waals surface area contributed by atoms with Gasteiger partial charge < -0.3 is 4.90 Å². The van der Waals surface area contributed by atoms with Crippen molar-refractivity contribution in [1.82, 2.24) is 4.90 Å². The first-order chi connectivity index (χ1) is 8.71. The fraction of sp³-hybridized carbons (Fsp3) is 0.417. The zero-order valence-electron chi connectivity index (χ0n) is 10.5. The molecule has 1 aromatic rings. The Balaban J connectivity index is 2.49. The molecule has 4 nitrogen and oxygen atoms in total. The van der Waals surface area contributed by atoms with Crippen LogP contribution in [0.1, 0.15) is 28.8 Å². The van der Waals surface area contributed by atoms with Gasteiger partial charge in [-0.2, -0.15) is 0 Å². The van der Waals surface area contributed by atoms with Crippen LogP contribution in [-0.2, 0) is 9.05 Å². The summed E-state index contributed by atoms with van der Waals surface area (Å²) >= 11 is 3.27. The second kappa shape index (κ2) is 5.07. The lowest BCUT2D eigenvalue weighted by atomic mass is 10.1. The summed E-state index contributed by atoms with van der Waals surface area (Å²) < 4.78 is 23.4. The Bertz CT molecular complexity index is 641. The number of hydrogen-bond donors (Lipinski definition) is 0. The molecule has 19 heavy (non-hydrogen) atoms. The van der Waals surface area contributed by atoms with Crippen LogP contribution in [0, 0.1) is 6.92 Å². The highest BCUT2D eigenvalue weighted by atomic mass is 79.9. The maximum Gasteiger partial charge on any atom is 0.261 e. The number of carbonyl (C=O) groups is 1. The minimum Gasteiger partial charge on any atom is -0.339 e. The largest absolute Gasteiger partial charge is 0.339 e. The van der Waals surface area contributed by atoms with Crippen LogP contribution in [0.25, 0.3) is 0 Å². The molecule has 0 radical (unpaired) electrons. The summed E-state index contributed by atoms with van der Waals surface area (Å²) in [5.41, 5.74) is 1.07. The highest BCUT2D eigenvalue weighted by molar-refractivity contribution is 9.10. The molecule has 0 aliphatic heterocycles. The van der Waals surface area contributed by atoms with E-state index in [0.717, 1.165) is 12.8 Å². The van der Waals surface area contributed by atoms with Crippen LogP contribution in [0.4, 0.5) is 0 Å². The van der Waals surface area contributed by atoms with Crippen molar-refractivity contribution in [3.05, 3.63) is 27.7 Å². The zero-order chi connectivity index (χ0) is 14.4. The van der Waals surface area contributed by atoms with Crippen LogP contribution in [0.3, 0.4) is 0 Å². The Morgan fingerprint density at radius 3 is 2.47 bits per heavy atom. The van der Waals surface area contributed by atoms with Gasteiger partial charge in [-0.15, -0.1) is 0 Å². The van der Waals surface area contributed by atoms with Crippen LogP contribution >= 0.6 is 26.6 Å². The molecule has 0 N–H and O–H groups in total. The molecule has 0 saturated heterocycles. The highest BCUT2D eigenvalue weighted by Crippen LogP contribution is 2.31. The molecular weight excluding hydrogens is 354 g/mol. The fourth-order valence-corrected chi connectivity index (χ4v) is 3.23. The highest BCUT2D eigenvalue weighted by Gasteiger charge is 2.31. The van der Waals surface area contributed by atoms with Crippen molar-refractivity contribution < 1.29 is 13.2 Å². The summed E-state index contributed by atoms with van der Waals surface area (Å²) in [5.74, 6) is -0.178. The maximum atomic E-state index is 12.3. The van der Waals surface area contributed by atoms with Crippen LogP contribution < -0.4 is 0 Å². The van der Waals surface area contributed by atoms with Crippen LogP contribution in [0.15, 0.2) is 21.5 Å². The molecule has 7 heteroatoms. The quantitative estimate of drug-likeness (QED) is 0.773. The third kappa shape index (κ3) is 3.12. The van der Waals surface area contributed by atoms with E-state index in [1.54, 1.807) is 18.9 Å². The predicted octanol–water partition coefficient (Wildman–Crippen LogP) is 2.92. The number of carbonyl (C=O) groups excluding carboxylic acids is 1. The number of halogens is 2. The summed E-state index contributed by atoms with van der Waals surface area (Å²) in [6, 6.07) is 3.01. The topological polar surface area (TPSA) is 54.5 Å². The van der Waals surface area contributed by atoms with E-state index >= 15 is 0 Å². The van der Waals surface area contributed by atoms with Crippen molar-refractivity contribution >= 4 is 41.6 Å². The molecule has 0 bridgehead atoms. The van der Waals surface area contributed by atoms with Gasteiger partial charge in [-0.05, 0) is 37.5 Å². The van der Waals surface area contributed by atoms with Crippen LogP contribution in [0.5, 0.6) is 0 Å². The third-order valence-corrected chi connectivity index (χ3v) is 5.40. The fourth-order valence-electron chi connectivity index (χ4n) is 1.83. The van der Waals surface area contributed by atoms with Gasteiger partial charge in [0.05, 0.1) is 4.90 Å². The van der Waals surface area contributed by atoms with Gasteiger partial charge in [0.1, 0.15) is 0 Å². The molecule has 1 aliphatic rings. The van der Waals surface area contributed by atoms with E-state index in [-0.39, 0.29) is 16.8 Å². The Kier molecular flexibility index (Phi) is 3.95. The normalized spacial score (nSPS) is 15.4. The molecule has 0 heterocycles. The van der Waals surface area contributed by atoms with E-state index in [0.29, 0.717) is 15.6 Å². The lowest BCUT2D eigenvalue weighted by Gasteiger charge is -2.18. The SMILES string of the molecule is Cc1c(Br)cc(S(=O)(=O)Cl)cc1C(=O)N(C)C1CC1. The van der Waals surface area contributed by atoms with E-state index in [4.69, 9.17) is 10.7 Å². The summed E-state index contributed by atoms with van der Waals surface area (Å²) in [6.07, 6.45) is 1.99. The second-order valence-corrected chi connectivity index (χ2v) is 8.08. The van der Waals surface area contributed by atoms with Crippen molar-refractivity contribution in [2.45, 2.75) is 30.7 Å². The number of rotatable bonds is 3. The molecule has 1 saturated carbocycles. The number of benzene rings is 1. The Morgan fingerprint density at radius 2 is 2.00 bits per heavy atom. The van der Waals surface area contributed by atoms with Gasteiger partial charge in [-0.25, -0.2) is 8.42 Å². The predicted molar refractivity (Wildman–Crippen MR) is 77.0 cm³/mol. The van der Waals surface area contributed by atoms with Gasteiger partial charge in [0.25, 0.3) is 15.0 Å². The van der Waals surface area contributed by atoms with E-state index in [1.165, 1.54) is 12.1 Å². The number of hydrogen-bond acceptors (Lipinski definition) is 3. The van der Waals surface area contributed by atoms with Crippen LogP contribution in [0.2, 0.25) is 0 Å². The average Bonchev–Trinajstić information content (AvgIpc) is 3.13. The molecule has 104 valence electrons. The summed E-state index contributed by atoms with van der Waals surface area (Å²) in [4.78, 5) is 13.9. The van der Waals surface area contributed by atoms with Gasteiger partial charge in [-0.1, -0.05) is 15.9 Å². The van der Waals surface area contributed by atoms with E-state index in [1.807, 2.05) is 0 Å². The van der Waals surface area contributed by atoms with Gasteiger partial charge in [0, 0.05) is 33.8 Å². The third-order valence-electron chi connectivity index (χ3n) is 3.24. The monoisotopic (exact) mass is 365 g/mol. The van der Waals surface area contributed by atoms with E-state index in [2.05, 4.69) is 15.9 Å². The smallest absolute Gasteiger partial charge is 0.261 e. The van der Waals surface area contributed by atoms with Gasteiger partial charge >= 0.3 is 0 Å². The molecule has 1 fully saturated rings. The minimum absolute atomic E-state index is 0.0702. The van der Waals surface area contributed by atoms with Gasteiger partial charge in [-0.3, -0.25) is 4.79 Å². The molecule has 0 unspecified atom stereocenters. The molecule has 0 aromatic heterocycles. The lowest BCUT2D eigenvalue weighted by Crippen LogP contribution is -2.29. The van der Waals surface area contributed by atoms with Crippen molar-refractivity contribution in [2.24, 2.45) is 0 Å². The maximum absolute atomic E-state index is 12.3. The van der Waals surface area contributed by atoms with Crippen LogP contribution in [-0.4, -0.2) is 32.3 Å². The number of nitrogens with zero attached hydrogens (tertiary/aromatic N) is 1. The van der Waals surface area contributed by atoms with Crippen molar-refractivity contribution in [3.63, 3.8) is 0 Å². The van der Waals surface area contributed by atoms with E-state index < -0.39 is 9.05 Å². The average molecular weight is 367 g/mol. The Labute approximate surface area is 125 Å². The second-order valence-electron chi connectivity index (χ2n) is 4.66. The first-order valence-corrected chi connectivity index (χ1v) is 8.84. The molecule has 1 amide bonds. The number of amides is 1. The first-order valence-electron chi connectivity index (χ1n) is 5.74. The first kappa shape index (κ1) is 14.8. The van der Waals surface area contributed by atoms with Crippen molar-refractivity contribution in [2.75, 3.05) is 7.05 Å². The van der Waals surface area contributed by atoms with Gasteiger partial charge in [0.2, 0.25) is 0 Å². The molecule has 0 atom stereocenters. The molecule has 0 spiro atoms. The van der Waals surface area contributed by atoms with E-state index in [9.17, 15) is 13.2 Å².